The average molecular weight is 265 g/mol. The minimum atomic E-state index is -0.592. The summed E-state index contributed by atoms with van der Waals surface area (Å²) in [5.74, 6) is 0.119. The van der Waals surface area contributed by atoms with Gasteiger partial charge in [0.15, 0.2) is 0 Å². The van der Waals surface area contributed by atoms with Crippen molar-refractivity contribution in [2.24, 2.45) is 5.92 Å². The number of hydrogen-bond acceptors (Lipinski definition) is 2. The van der Waals surface area contributed by atoms with Gasteiger partial charge in [0.2, 0.25) is 0 Å². The number of benzene rings is 1. The Balaban J connectivity index is 2.08. The highest BCUT2D eigenvalue weighted by Crippen LogP contribution is 2.21. The monoisotopic (exact) mass is 265 g/mol. The van der Waals surface area contributed by atoms with Crippen LogP contribution in [0.15, 0.2) is 24.4 Å². The fraction of sp³-hybridized carbons (Fsp3) is 0.357. The fourth-order valence-corrected chi connectivity index (χ4v) is 1.78. The molecule has 1 aromatic carbocycles. The average Bonchev–Trinajstić information content (AvgIpc) is 2.77. The molecule has 102 valence electrons. The first-order valence-corrected chi connectivity index (χ1v) is 6.26. The van der Waals surface area contributed by atoms with Gasteiger partial charge in [0, 0.05) is 11.6 Å². The maximum absolute atomic E-state index is 13.6. The molecule has 5 heteroatoms. The number of hydrogen-bond donors (Lipinski definition) is 2. The van der Waals surface area contributed by atoms with E-state index in [4.69, 9.17) is 0 Å². The van der Waals surface area contributed by atoms with Crippen molar-refractivity contribution < 1.29 is 8.78 Å². The second kappa shape index (κ2) is 5.93. The lowest BCUT2D eigenvalue weighted by atomic mass is 10.1. The summed E-state index contributed by atoms with van der Waals surface area (Å²) < 4.78 is 26.4. The quantitative estimate of drug-likeness (QED) is 0.872. The number of nitrogens with one attached hydrogen (secondary N) is 2. The van der Waals surface area contributed by atoms with Gasteiger partial charge in [-0.2, -0.15) is 0 Å². The van der Waals surface area contributed by atoms with Gasteiger partial charge in [-0.15, -0.1) is 0 Å². The molecule has 0 aliphatic heterocycles. The van der Waals surface area contributed by atoms with Crippen molar-refractivity contribution in [3.05, 3.63) is 41.9 Å². The molecule has 0 amide bonds. The largest absolute Gasteiger partial charge is 0.341 e. The molecule has 0 radical (unpaired) electrons. The summed E-state index contributed by atoms with van der Waals surface area (Å²) in [6.45, 7) is 5.73. The van der Waals surface area contributed by atoms with Crippen LogP contribution in [0.4, 0.5) is 8.78 Å². The molecule has 3 nitrogen and oxygen atoms in total. The SMILES string of the molecule is CC(C)CNCc1ncc(-c2ccc(F)cc2F)[nH]1. The van der Waals surface area contributed by atoms with E-state index in [2.05, 4.69) is 29.1 Å². The van der Waals surface area contributed by atoms with Crippen LogP contribution >= 0.6 is 0 Å². The maximum atomic E-state index is 13.6. The smallest absolute Gasteiger partial charge is 0.135 e. The molecule has 1 aromatic heterocycles. The molecule has 0 fully saturated rings. The number of nitrogens with zero attached hydrogens (tertiary/aromatic N) is 1. The Kier molecular flexibility index (Phi) is 4.27. The summed E-state index contributed by atoms with van der Waals surface area (Å²) in [6.07, 6.45) is 1.56. The van der Waals surface area contributed by atoms with E-state index in [1.54, 1.807) is 6.20 Å². The van der Waals surface area contributed by atoms with Crippen molar-refractivity contribution in [2.75, 3.05) is 6.54 Å². The van der Waals surface area contributed by atoms with Crippen LogP contribution < -0.4 is 5.32 Å². The standard InChI is InChI=1S/C14H17F2N3/c1-9(2)6-17-8-14-18-7-13(19-14)11-4-3-10(15)5-12(11)16/h3-5,7,9,17H,6,8H2,1-2H3,(H,18,19). The number of aromatic amines is 1. The van der Waals surface area contributed by atoms with Crippen LogP contribution in [-0.4, -0.2) is 16.5 Å². The van der Waals surface area contributed by atoms with E-state index >= 15 is 0 Å². The highest BCUT2D eigenvalue weighted by atomic mass is 19.1. The van der Waals surface area contributed by atoms with Gasteiger partial charge in [-0.25, -0.2) is 13.8 Å². The van der Waals surface area contributed by atoms with Crippen molar-refractivity contribution in [3.63, 3.8) is 0 Å². The third kappa shape index (κ3) is 3.61. The van der Waals surface area contributed by atoms with E-state index in [-0.39, 0.29) is 0 Å². The molecule has 0 saturated carbocycles. The van der Waals surface area contributed by atoms with Gasteiger partial charge < -0.3 is 10.3 Å². The maximum Gasteiger partial charge on any atom is 0.135 e. The Morgan fingerprint density at radius 3 is 2.79 bits per heavy atom. The van der Waals surface area contributed by atoms with Crippen molar-refractivity contribution in [3.8, 4) is 11.3 Å². The molecular formula is C14H17F2N3. The molecule has 2 rings (SSSR count). The van der Waals surface area contributed by atoms with Gasteiger partial charge in [-0.3, -0.25) is 0 Å². The molecule has 19 heavy (non-hydrogen) atoms. The van der Waals surface area contributed by atoms with Crippen molar-refractivity contribution >= 4 is 0 Å². The lowest BCUT2D eigenvalue weighted by molar-refractivity contribution is 0.544. The molecule has 0 saturated heterocycles. The highest BCUT2D eigenvalue weighted by molar-refractivity contribution is 5.59. The molecule has 0 bridgehead atoms. The van der Waals surface area contributed by atoms with Crippen molar-refractivity contribution in [1.82, 2.24) is 15.3 Å². The van der Waals surface area contributed by atoms with E-state index in [1.807, 2.05) is 0 Å². The van der Waals surface area contributed by atoms with Crippen LogP contribution in [0.2, 0.25) is 0 Å². The molecule has 2 N–H and O–H groups in total. The fourth-order valence-electron chi connectivity index (χ4n) is 1.78. The van der Waals surface area contributed by atoms with Crippen molar-refractivity contribution in [2.45, 2.75) is 20.4 Å². The predicted molar refractivity (Wildman–Crippen MR) is 70.5 cm³/mol. The molecule has 0 unspecified atom stereocenters. The summed E-state index contributed by atoms with van der Waals surface area (Å²) in [7, 11) is 0. The van der Waals surface area contributed by atoms with Gasteiger partial charge >= 0.3 is 0 Å². The molecule has 0 spiro atoms. The topological polar surface area (TPSA) is 40.7 Å². The number of imidazole rings is 1. The molecule has 0 aliphatic carbocycles. The Morgan fingerprint density at radius 2 is 2.11 bits per heavy atom. The van der Waals surface area contributed by atoms with Crippen LogP contribution in [0.3, 0.4) is 0 Å². The second-order valence-corrected chi connectivity index (χ2v) is 4.89. The summed E-state index contributed by atoms with van der Waals surface area (Å²) in [6, 6.07) is 3.51. The zero-order valence-electron chi connectivity index (χ0n) is 11.0. The Bertz CT molecular complexity index is 549. The third-order valence-electron chi connectivity index (χ3n) is 2.69. The van der Waals surface area contributed by atoms with Crippen LogP contribution in [0.1, 0.15) is 19.7 Å². The summed E-state index contributed by atoms with van der Waals surface area (Å²) in [5, 5.41) is 3.24. The minimum Gasteiger partial charge on any atom is -0.341 e. The van der Waals surface area contributed by atoms with Crippen LogP contribution in [0.25, 0.3) is 11.3 Å². The minimum absolute atomic E-state index is 0.323. The Labute approximate surface area is 111 Å². The molecule has 1 heterocycles. The van der Waals surface area contributed by atoms with E-state index in [0.29, 0.717) is 23.7 Å². The van der Waals surface area contributed by atoms with Crippen LogP contribution in [-0.2, 0) is 6.54 Å². The van der Waals surface area contributed by atoms with E-state index in [1.165, 1.54) is 12.1 Å². The first-order valence-electron chi connectivity index (χ1n) is 6.26. The molecule has 0 aliphatic rings. The summed E-state index contributed by atoms with van der Waals surface area (Å²) in [4.78, 5) is 7.20. The van der Waals surface area contributed by atoms with E-state index in [0.717, 1.165) is 18.4 Å². The second-order valence-electron chi connectivity index (χ2n) is 4.89. The molecule has 0 atom stereocenters. The van der Waals surface area contributed by atoms with Gasteiger partial charge in [0.25, 0.3) is 0 Å². The predicted octanol–water partition coefficient (Wildman–Crippen LogP) is 3.10. The molecular weight excluding hydrogens is 248 g/mol. The third-order valence-corrected chi connectivity index (χ3v) is 2.69. The number of rotatable bonds is 5. The Hall–Kier alpha value is -1.75. The lowest BCUT2D eigenvalue weighted by Gasteiger charge is -2.05. The summed E-state index contributed by atoms with van der Waals surface area (Å²) in [5.41, 5.74) is 0.878. The van der Waals surface area contributed by atoms with Gasteiger partial charge in [-0.1, -0.05) is 13.8 Å². The number of H-pyrrole nitrogens is 1. The Morgan fingerprint density at radius 1 is 1.32 bits per heavy atom. The lowest BCUT2D eigenvalue weighted by Crippen LogP contribution is -2.19. The zero-order chi connectivity index (χ0) is 13.8. The summed E-state index contributed by atoms with van der Waals surface area (Å²) >= 11 is 0. The van der Waals surface area contributed by atoms with E-state index in [9.17, 15) is 8.78 Å². The van der Waals surface area contributed by atoms with Gasteiger partial charge in [-0.05, 0) is 24.6 Å². The zero-order valence-corrected chi connectivity index (χ0v) is 11.0. The first kappa shape index (κ1) is 13.7. The number of aromatic nitrogens is 2. The van der Waals surface area contributed by atoms with Crippen LogP contribution in [0, 0.1) is 17.6 Å². The van der Waals surface area contributed by atoms with Gasteiger partial charge in [0.05, 0.1) is 18.4 Å². The molecule has 2 aromatic rings. The normalized spacial score (nSPS) is 11.2. The van der Waals surface area contributed by atoms with Gasteiger partial charge in [0.1, 0.15) is 17.5 Å². The van der Waals surface area contributed by atoms with E-state index < -0.39 is 11.6 Å². The highest BCUT2D eigenvalue weighted by Gasteiger charge is 2.09. The van der Waals surface area contributed by atoms with Crippen molar-refractivity contribution in [1.29, 1.82) is 0 Å². The van der Waals surface area contributed by atoms with Crippen LogP contribution in [0.5, 0.6) is 0 Å². The first-order chi connectivity index (χ1) is 9.06. The number of halogens is 2.